The smallest absolute Gasteiger partial charge is 0.303 e. The molecule has 4 rings (SSSR count). The van der Waals surface area contributed by atoms with Crippen molar-refractivity contribution >= 4 is 23.1 Å². The van der Waals surface area contributed by atoms with E-state index in [9.17, 15) is 9.90 Å². The van der Waals surface area contributed by atoms with Crippen LogP contribution in [0, 0.1) is 0 Å². The Morgan fingerprint density at radius 1 is 1.23 bits per heavy atom. The summed E-state index contributed by atoms with van der Waals surface area (Å²) in [5, 5.41) is 13.7. The largest absolute Gasteiger partial charge is 0.481 e. The SMILES string of the molecule is O=C(O)CC(Cc1ncc(CCCc2ccc3c(n2)NCCC3)s1)c1cccnc1. The number of carboxylic acids is 1. The third kappa shape index (κ3) is 5.42. The molecule has 0 saturated carbocycles. The van der Waals surface area contributed by atoms with Crippen LogP contribution in [-0.4, -0.2) is 32.6 Å². The Morgan fingerprint density at radius 2 is 2.17 bits per heavy atom. The number of nitrogens with one attached hydrogen (secondary N) is 1. The molecule has 1 aliphatic rings. The molecule has 0 saturated heterocycles. The Balaban J connectivity index is 1.33. The summed E-state index contributed by atoms with van der Waals surface area (Å²) in [4.78, 5) is 26.0. The van der Waals surface area contributed by atoms with Gasteiger partial charge < -0.3 is 10.4 Å². The third-order valence-corrected chi connectivity index (χ3v) is 6.49. The van der Waals surface area contributed by atoms with Gasteiger partial charge in [0.2, 0.25) is 0 Å². The van der Waals surface area contributed by atoms with E-state index in [1.807, 2.05) is 18.3 Å². The van der Waals surface area contributed by atoms with E-state index in [-0.39, 0.29) is 12.3 Å². The summed E-state index contributed by atoms with van der Waals surface area (Å²) >= 11 is 1.68. The molecule has 7 heteroatoms. The average molecular weight is 423 g/mol. The number of thiazole rings is 1. The highest BCUT2D eigenvalue weighted by Crippen LogP contribution is 2.27. The molecule has 156 valence electrons. The maximum absolute atomic E-state index is 11.3. The topological polar surface area (TPSA) is 88.0 Å². The first-order valence-electron chi connectivity index (χ1n) is 10.5. The van der Waals surface area contributed by atoms with E-state index in [0.717, 1.165) is 54.3 Å². The lowest BCUT2D eigenvalue weighted by molar-refractivity contribution is -0.137. The fourth-order valence-electron chi connectivity index (χ4n) is 3.86. The second-order valence-electron chi connectivity index (χ2n) is 7.70. The Labute approximate surface area is 180 Å². The van der Waals surface area contributed by atoms with E-state index in [2.05, 4.69) is 27.4 Å². The first-order valence-corrected chi connectivity index (χ1v) is 11.3. The van der Waals surface area contributed by atoms with Crippen molar-refractivity contribution in [2.75, 3.05) is 11.9 Å². The van der Waals surface area contributed by atoms with Crippen molar-refractivity contribution < 1.29 is 9.90 Å². The molecule has 3 aromatic heterocycles. The Kier molecular flexibility index (Phi) is 6.69. The summed E-state index contributed by atoms with van der Waals surface area (Å²) in [6.45, 7) is 1.01. The number of fused-ring (bicyclic) bond motifs is 1. The molecular weight excluding hydrogens is 396 g/mol. The molecule has 1 atom stereocenters. The standard InChI is InChI=1S/C23H26N4O2S/c28-22(29)13-18(17-5-2-10-24-14-17)12-21-26-15-20(30-21)7-1-6-19-9-8-16-4-3-11-25-23(16)27-19/h2,5,8-10,14-15,18H,1,3-4,6-7,11-13H2,(H,25,27)(H,28,29). The van der Waals surface area contributed by atoms with Gasteiger partial charge in [0.1, 0.15) is 5.82 Å². The summed E-state index contributed by atoms with van der Waals surface area (Å²) in [7, 11) is 0. The molecule has 0 aliphatic carbocycles. The predicted octanol–water partition coefficient (Wildman–Crippen LogP) is 4.27. The summed E-state index contributed by atoms with van der Waals surface area (Å²) in [5.41, 5.74) is 3.40. The molecule has 2 N–H and O–H groups in total. The van der Waals surface area contributed by atoms with Crippen LogP contribution in [0.4, 0.5) is 5.82 Å². The highest BCUT2D eigenvalue weighted by molar-refractivity contribution is 7.11. The zero-order valence-electron chi connectivity index (χ0n) is 16.9. The highest BCUT2D eigenvalue weighted by Gasteiger charge is 2.18. The number of pyridine rings is 2. The second-order valence-corrected chi connectivity index (χ2v) is 8.90. The van der Waals surface area contributed by atoms with Crippen molar-refractivity contribution in [2.45, 2.75) is 50.9 Å². The van der Waals surface area contributed by atoms with Crippen molar-refractivity contribution in [3.8, 4) is 0 Å². The fraction of sp³-hybridized carbons (Fsp3) is 0.391. The molecule has 1 aliphatic heterocycles. The van der Waals surface area contributed by atoms with Crippen LogP contribution >= 0.6 is 11.3 Å². The minimum atomic E-state index is -0.798. The zero-order valence-corrected chi connectivity index (χ0v) is 17.7. The van der Waals surface area contributed by atoms with Crippen LogP contribution < -0.4 is 5.32 Å². The number of rotatable bonds is 9. The lowest BCUT2D eigenvalue weighted by atomic mass is 9.94. The minimum Gasteiger partial charge on any atom is -0.481 e. The monoisotopic (exact) mass is 422 g/mol. The van der Waals surface area contributed by atoms with Gasteiger partial charge in [-0.15, -0.1) is 11.3 Å². The van der Waals surface area contributed by atoms with Crippen LogP contribution in [-0.2, 0) is 30.5 Å². The zero-order chi connectivity index (χ0) is 20.8. The summed E-state index contributed by atoms with van der Waals surface area (Å²) in [6, 6.07) is 8.14. The van der Waals surface area contributed by atoms with E-state index in [0.29, 0.717) is 6.42 Å². The van der Waals surface area contributed by atoms with Crippen molar-refractivity contribution in [3.05, 3.63) is 69.6 Å². The first-order chi connectivity index (χ1) is 14.7. The van der Waals surface area contributed by atoms with Crippen molar-refractivity contribution in [3.63, 3.8) is 0 Å². The summed E-state index contributed by atoms with van der Waals surface area (Å²) in [6.07, 6.45) is 11.3. The molecule has 0 amide bonds. The van der Waals surface area contributed by atoms with Gasteiger partial charge in [-0.05, 0) is 55.4 Å². The molecular formula is C23H26N4O2S. The Hall–Kier alpha value is -2.80. The number of anilines is 1. The molecule has 0 bridgehead atoms. The molecule has 0 radical (unpaired) electrons. The predicted molar refractivity (Wildman–Crippen MR) is 118 cm³/mol. The molecule has 1 unspecified atom stereocenters. The van der Waals surface area contributed by atoms with Crippen LogP contribution in [0.2, 0.25) is 0 Å². The maximum Gasteiger partial charge on any atom is 0.303 e. The molecule has 0 fully saturated rings. The molecule has 3 aromatic rings. The van der Waals surface area contributed by atoms with Gasteiger partial charge in [0, 0.05) is 48.0 Å². The van der Waals surface area contributed by atoms with Gasteiger partial charge >= 0.3 is 5.97 Å². The van der Waals surface area contributed by atoms with E-state index in [1.54, 1.807) is 23.7 Å². The molecule has 6 nitrogen and oxygen atoms in total. The fourth-order valence-corrected chi connectivity index (χ4v) is 4.90. The normalized spacial score (nSPS) is 14.0. The van der Waals surface area contributed by atoms with Crippen LogP contribution in [0.5, 0.6) is 0 Å². The van der Waals surface area contributed by atoms with Crippen LogP contribution in [0.3, 0.4) is 0 Å². The minimum absolute atomic E-state index is 0.0820. The molecule has 0 aromatic carbocycles. The van der Waals surface area contributed by atoms with Crippen molar-refractivity contribution in [1.82, 2.24) is 15.0 Å². The second kappa shape index (κ2) is 9.80. The van der Waals surface area contributed by atoms with Gasteiger partial charge in [0.25, 0.3) is 0 Å². The molecule has 0 spiro atoms. The number of hydrogen-bond donors (Lipinski definition) is 2. The lowest BCUT2D eigenvalue weighted by Crippen LogP contribution is -2.14. The quantitative estimate of drug-likeness (QED) is 0.535. The van der Waals surface area contributed by atoms with Crippen LogP contribution in [0.25, 0.3) is 0 Å². The van der Waals surface area contributed by atoms with E-state index >= 15 is 0 Å². The third-order valence-electron chi connectivity index (χ3n) is 5.41. The Bertz CT molecular complexity index is 990. The van der Waals surface area contributed by atoms with Crippen LogP contribution in [0.15, 0.2) is 42.9 Å². The number of aliphatic carboxylic acids is 1. The van der Waals surface area contributed by atoms with E-state index < -0.39 is 5.97 Å². The summed E-state index contributed by atoms with van der Waals surface area (Å²) < 4.78 is 0. The van der Waals surface area contributed by atoms with Crippen molar-refractivity contribution in [1.29, 1.82) is 0 Å². The van der Waals surface area contributed by atoms with Gasteiger partial charge in [-0.2, -0.15) is 0 Å². The number of hydrogen-bond acceptors (Lipinski definition) is 6. The van der Waals surface area contributed by atoms with Crippen molar-refractivity contribution in [2.24, 2.45) is 0 Å². The number of carbonyl (C=O) groups is 1. The van der Waals surface area contributed by atoms with E-state index in [1.165, 1.54) is 16.9 Å². The van der Waals surface area contributed by atoms with Gasteiger partial charge in [-0.1, -0.05) is 12.1 Å². The summed E-state index contributed by atoms with van der Waals surface area (Å²) in [5.74, 6) is 0.147. The lowest BCUT2D eigenvalue weighted by Gasteiger charge is -2.17. The number of aryl methyl sites for hydroxylation is 3. The Morgan fingerprint density at radius 3 is 3.00 bits per heavy atom. The van der Waals surface area contributed by atoms with Gasteiger partial charge in [0.15, 0.2) is 0 Å². The maximum atomic E-state index is 11.3. The van der Waals surface area contributed by atoms with Gasteiger partial charge in [-0.3, -0.25) is 9.78 Å². The van der Waals surface area contributed by atoms with E-state index in [4.69, 9.17) is 4.98 Å². The number of carboxylic acid groups (broad SMARTS) is 1. The molecule has 4 heterocycles. The van der Waals surface area contributed by atoms with Gasteiger partial charge in [-0.25, -0.2) is 9.97 Å². The van der Waals surface area contributed by atoms with Gasteiger partial charge in [0.05, 0.1) is 11.4 Å². The highest BCUT2D eigenvalue weighted by atomic mass is 32.1. The first kappa shape index (κ1) is 20.5. The average Bonchev–Trinajstić information content (AvgIpc) is 3.21. The van der Waals surface area contributed by atoms with Crippen LogP contribution in [0.1, 0.15) is 51.9 Å². The number of aromatic nitrogens is 3. The number of nitrogens with zero attached hydrogens (tertiary/aromatic N) is 3. The molecule has 30 heavy (non-hydrogen) atoms.